The number of nitrogens with two attached hydrogens (primary N) is 1. The predicted molar refractivity (Wildman–Crippen MR) is 66.1 cm³/mol. The van der Waals surface area contributed by atoms with E-state index in [1.165, 1.54) is 0 Å². The Balaban J connectivity index is 2.97. The Hall–Kier alpha value is -0.610. The lowest BCUT2D eigenvalue weighted by Gasteiger charge is -2.31. The van der Waals surface area contributed by atoms with Crippen molar-refractivity contribution in [3.63, 3.8) is 0 Å². The van der Waals surface area contributed by atoms with Crippen LogP contribution in [0.5, 0.6) is 0 Å². The van der Waals surface area contributed by atoms with Crippen LogP contribution in [-0.4, -0.2) is 42.5 Å². The number of nitrogens with zero attached hydrogens (tertiary/aromatic N) is 1. The van der Waals surface area contributed by atoms with Crippen molar-refractivity contribution in [2.75, 3.05) is 26.2 Å². The van der Waals surface area contributed by atoms with Gasteiger partial charge in [0.15, 0.2) is 0 Å². The summed E-state index contributed by atoms with van der Waals surface area (Å²) in [5.74, 6) is -0.583. The smallest absolute Gasteiger partial charge is 0.234 e. The van der Waals surface area contributed by atoms with Crippen molar-refractivity contribution in [3.8, 4) is 0 Å². The third kappa shape index (κ3) is 4.94. The van der Waals surface area contributed by atoms with E-state index in [1.807, 2.05) is 5.32 Å². The Kier molecular flexibility index (Phi) is 1.89. The molecule has 94 valence electrons. The Morgan fingerprint density at radius 3 is 2.62 bits per heavy atom. The molecule has 3 N–H and O–H groups in total. The first-order valence-corrected chi connectivity index (χ1v) is 5.39. The number of carbonyl (C=O) groups excluding carboxylic acids is 1. The molecule has 0 aromatic carbocycles. The van der Waals surface area contributed by atoms with E-state index in [0.29, 0.717) is 25.6 Å². The number of hydrogen-bond donors (Lipinski definition) is 2. The van der Waals surface area contributed by atoms with Crippen molar-refractivity contribution in [1.29, 1.82) is 0 Å². The Morgan fingerprint density at radius 1 is 1.50 bits per heavy atom. The summed E-state index contributed by atoms with van der Waals surface area (Å²) in [6, 6.07) is 0. The maximum Gasteiger partial charge on any atom is 0.234 e. The summed E-state index contributed by atoms with van der Waals surface area (Å²) < 4.78 is 67.4. The molecule has 16 heavy (non-hydrogen) atoms. The maximum atomic E-state index is 12.3. The first kappa shape index (κ1) is 5.36. The molecule has 4 heteroatoms. The lowest BCUT2D eigenvalue weighted by molar-refractivity contribution is -0.124. The van der Waals surface area contributed by atoms with Crippen LogP contribution in [0.3, 0.4) is 0 Å². The lowest BCUT2D eigenvalue weighted by atomic mass is 9.97. The molecule has 0 saturated carbocycles. The minimum absolute atomic E-state index is 0.263. The van der Waals surface area contributed by atoms with Crippen molar-refractivity contribution in [3.05, 3.63) is 0 Å². The van der Waals surface area contributed by atoms with Crippen LogP contribution in [0.15, 0.2) is 0 Å². The summed E-state index contributed by atoms with van der Waals surface area (Å²) in [5, 5.41) is 1.83. The number of hydrogen-bond acceptors (Lipinski definition) is 3. The van der Waals surface area contributed by atoms with Crippen LogP contribution in [0.1, 0.15) is 45.7 Å². The Morgan fingerprint density at radius 2 is 2.12 bits per heavy atom. The minimum atomic E-state index is -3.44. The SMILES string of the molecule is [2H]C([2H])([2H])C(NC(=O)CN1CCC(CN)CC1)(C([2H])([2H])[2H])C([2H])([2H])[2H]. The third-order valence-corrected chi connectivity index (χ3v) is 2.73. The van der Waals surface area contributed by atoms with Gasteiger partial charge >= 0.3 is 0 Å². The summed E-state index contributed by atoms with van der Waals surface area (Å²) >= 11 is 0. The minimum Gasteiger partial charge on any atom is -0.350 e. The molecule has 1 aliphatic heterocycles. The quantitative estimate of drug-likeness (QED) is 0.753. The molecule has 1 rings (SSSR count). The lowest BCUT2D eigenvalue weighted by Crippen LogP contribution is -2.47. The van der Waals surface area contributed by atoms with E-state index in [2.05, 4.69) is 0 Å². The fourth-order valence-corrected chi connectivity index (χ4v) is 1.83. The highest BCUT2D eigenvalue weighted by molar-refractivity contribution is 5.78. The average Bonchev–Trinajstić information content (AvgIpc) is 2.41. The van der Waals surface area contributed by atoms with Gasteiger partial charge in [-0.1, -0.05) is 0 Å². The highest BCUT2D eigenvalue weighted by atomic mass is 16.2. The van der Waals surface area contributed by atoms with Crippen LogP contribution in [0.25, 0.3) is 0 Å². The number of amides is 1. The van der Waals surface area contributed by atoms with Gasteiger partial charge in [-0.3, -0.25) is 9.69 Å². The summed E-state index contributed by atoms with van der Waals surface area (Å²) in [6.45, 7) is -8.93. The molecule has 1 amide bonds. The standard InChI is InChI=1S/C12H25N3O/c1-12(2,3)14-11(16)9-15-6-4-10(8-13)5-7-15/h10H,4-9,13H2,1-3H3,(H,14,16)/i1D3,2D3,3D3. The number of nitrogens with one attached hydrogen (secondary N) is 1. The van der Waals surface area contributed by atoms with Crippen molar-refractivity contribution < 1.29 is 17.1 Å². The average molecular weight is 236 g/mol. The van der Waals surface area contributed by atoms with Crippen LogP contribution in [0.4, 0.5) is 0 Å². The van der Waals surface area contributed by atoms with Crippen LogP contribution >= 0.6 is 0 Å². The van der Waals surface area contributed by atoms with E-state index in [4.69, 9.17) is 18.1 Å². The second-order valence-electron chi connectivity index (χ2n) is 4.25. The first-order valence-electron chi connectivity index (χ1n) is 9.89. The van der Waals surface area contributed by atoms with E-state index in [-0.39, 0.29) is 6.54 Å². The number of likely N-dealkylation sites (tertiary alicyclic amines) is 1. The Labute approximate surface area is 111 Å². The van der Waals surface area contributed by atoms with Crippen molar-refractivity contribution in [1.82, 2.24) is 10.2 Å². The molecule has 0 spiro atoms. The van der Waals surface area contributed by atoms with Gasteiger partial charge in [0.1, 0.15) is 0 Å². The normalized spacial score (nSPS) is 30.4. The Bertz CT molecular complexity index is 428. The van der Waals surface area contributed by atoms with Crippen molar-refractivity contribution in [2.24, 2.45) is 11.7 Å². The summed E-state index contributed by atoms with van der Waals surface area (Å²) in [6.07, 6.45) is 1.54. The van der Waals surface area contributed by atoms with Crippen LogP contribution in [0.2, 0.25) is 0 Å². The molecule has 0 radical (unpaired) electrons. The van der Waals surface area contributed by atoms with E-state index in [0.717, 1.165) is 12.8 Å². The van der Waals surface area contributed by atoms with Crippen LogP contribution in [0, 0.1) is 5.92 Å². The van der Waals surface area contributed by atoms with Gasteiger partial charge in [-0.25, -0.2) is 0 Å². The molecule has 4 nitrogen and oxygen atoms in total. The van der Waals surface area contributed by atoms with Crippen LogP contribution in [-0.2, 0) is 4.79 Å². The van der Waals surface area contributed by atoms with Crippen LogP contribution < -0.4 is 11.1 Å². The van der Waals surface area contributed by atoms with E-state index < -0.39 is 32.0 Å². The zero-order chi connectivity index (χ0) is 19.7. The predicted octanol–water partition coefficient (Wildman–Crippen LogP) is 0.572. The summed E-state index contributed by atoms with van der Waals surface area (Å²) in [4.78, 5) is 14.0. The van der Waals surface area contributed by atoms with Gasteiger partial charge in [0.2, 0.25) is 5.91 Å². The molecular formula is C12H25N3O. The molecule has 1 saturated heterocycles. The topological polar surface area (TPSA) is 58.4 Å². The summed E-state index contributed by atoms with van der Waals surface area (Å²) in [5.41, 5.74) is 2.27. The molecule has 0 bridgehead atoms. The summed E-state index contributed by atoms with van der Waals surface area (Å²) in [7, 11) is 0. The van der Waals surface area contributed by atoms with Gasteiger partial charge < -0.3 is 11.1 Å². The second kappa shape index (κ2) is 5.64. The molecule has 0 unspecified atom stereocenters. The molecule has 0 aromatic rings. The molecule has 0 atom stereocenters. The third-order valence-electron chi connectivity index (χ3n) is 2.73. The first-order chi connectivity index (χ1) is 11.2. The molecule has 1 heterocycles. The van der Waals surface area contributed by atoms with E-state index in [1.54, 1.807) is 4.90 Å². The number of rotatable bonds is 3. The largest absolute Gasteiger partial charge is 0.350 e. The van der Waals surface area contributed by atoms with Crippen molar-refractivity contribution >= 4 is 5.91 Å². The van der Waals surface area contributed by atoms with Gasteiger partial charge in [0, 0.05) is 17.9 Å². The number of carbonyl (C=O) groups is 1. The molecule has 1 fully saturated rings. The van der Waals surface area contributed by atoms with Gasteiger partial charge in [-0.2, -0.15) is 0 Å². The maximum absolute atomic E-state index is 12.3. The van der Waals surface area contributed by atoms with Crippen molar-refractivity contribution in [2.45, 2.75) is 38.9 Å². The molecular weight excluding hydrogens is 202 g/mol. The molecule has 0 aromatic heterocycles. The highest BCUT2D eigenvalue weighted by Crippen LogP contribution is 2.15. The second-order valence-corrected chi connectivity index (χ2v) is 4.25. The molecule has 0 aliphatic carbocycles. The molecule has 1 aliphatic rings. The van der Waals surface area contributed by atoms with E-state index in [9.17, 15) is 4.79 Å². The van der Waals surface area contributed by atoms with Gasteiger partial charge in [-0.15, -0.1) is 0 Å². The zero-order valence-corrected chi connectivity index (χ0v) is 9.25. The monoisotopic (exact) mass is 236 g/mol. The highest BCUT2D eigenvalue weighted by Gasteiger charge is 2.21. The van der Waals surface area contributed by atoms with Gasteiger partial charge in [0.05, 0.1) is 6.54 Å². The van der Waals surface area contributed by atoms with Gasteiger partial charge in [-0.05, 0) is 58.9 Å². The van der Waals surface area contributed by atoms with Gasteiger partial charge in [0.25, 0.3) is 0 Å². The fourth-order valence-electron chi connectivity index (χ4n) is 1.83. The number of piperidine rings is 1. The zero-order valence-electron chi connectivity index (χ0n) is 18.3. The fraction of sp³-hybridized carbons (Fsp3) is 0.917. The van der Waals surface area contributed by atoms with E-state index >= 15 is 0 Å².